The number of rotatable bonds is 2. The van der Waals surface area contributed by atoms with Crippen molar-refractivity contribution < 1.29 is 4.79 Å². The van der Waals surface area contributed by atoms with Gasteiger partial charge in [0.05, 0.1) is 6.54 Å². The molecule has 2 saturated heterocycles. The van der Waals surface area contributed by atoms with Crippen LogP contribution in [-0.4, -0.2) is 48.4 Å². The molecule has 0 N–H and O–H groups in total. The molecule has 0 aromatic carbocycles. The van der Waals surface area contributed by atoms with E-state index in [1.54, 1.807) is 0 Å². The quantitative estimate of drug-likeness (QED) is 0.720. The van der Waals surface area contributed by atoms with Gasteiger partial charge in [-0.25, -0.2) is 0 Å². The first-order valence-corrected chi connectivity index (χ1v) is 6.86. The maximum Gasteiger partial charge on any atom is 0.236 e. The zero-order valence-electron chi connectivity index (χ0n) is 10.9. The summed E-state index contributed by atoms with van der Waals surface area (Å²) >= 11 is 0. The van der Waals surface area contributed by atoms with Crippen LogP contribution in [0.25, 0.3) is 0 Å². The lowest BCUT2D eigenvalue weighted by Crippen LogP contribution is -2.41. The molecule has 2 aliphatic rings. The Morgan fingerprint density at radius 1 is 0.875 bits per heavy atom. The SMILES string of the molecule is CC.O=C(CN1CCCCC1)N1CCCC1. The van der Waals surface area contributed by atoms with E-state index >= 15 is 0 Å². The van der Waals surface area contributed by atoms with Crippen LogP contribution in [0.3, 0.4) is 0 Å². The summed E-state index contributed by atoms with van der Waals surface area (Å²) in [7, 11) is 0. The minimum absolute atomic E-state index is 0.351. The molecule has 0 unspecified atom stereocenters. The third-order valence-electron chi connectivity index (χ3n) is 3.27. The second-order valence-electron chi connectivity index (χ2n) is 4.42. The molecule has 0 radical (unpaired) electrons. The Balaban J connectivity index is 0.000000606. The van der Waals surface area contributed by atoms with Gasteiger partial charge in [0.2, 0.25) is 5.91 Å². The Morgan fingerprint density at radius 3 is 1.94 bits per heavy atom. The smallest absolute Gasteiger partial charge is 0.236 e. The first kappa shape index (κ1) is 13.5. The maximum absolute atomic E-state index is 11.8. The van der Waals surface area contributed by atoms with Gasteiger partial charge in [0.1, 0.15) is 0 Å². The molecule has 94 valence electrons. The van der Waals surface area contributed by atoms with E-state index < -0.39 is 0 Å². The van der Waals surface area contributed by atoms with Crippen LogP contribution in [0.5, 0.6) is 0 Å². The number of carbonyl (C=O) groups is 1. The first-order chi connectivity index (χ1) is 7.86. The van der Waals surface area contributed by atoms with E-state index in [2.05, 4.69) is 4.90 Å². The molecule has 0 aliphatic carbocycles. The van der Waals surface area contributed by atoms with Crippen molar-refractivity contribution >= 4 is 5.91 Å². The second-order valence-corrected chi connectivity index (χ2v) is 4.42. The summed E-state index contributed by atoms with van der Waals surface area (Å²) in [5, 5.41) is 0. The zero-order valence-corrected chi connectivity index (χ0v) is 10.9. The number of likely N-dealkylation sites (tertiary alicyclic amines) is 2. The van der Waals surface area contributed by atoms with E-state index in [4.69, 9.17) is 0 Å². The summed E-state index contributed by atoms with van der Waals surface area (Å²) in [6.07, 6.45) is 6.28. The molecular weight excluding hydrogens is 200 g/mol. The van der Waals surface area contributed by atoms with Crippen LogP contribution in [0.15, 0.2) is 0 Å². The van der Waals surface area contributed by atoms with E-state index in [0.717, 1.165) is 26.2 Å². The molecular formula is C13H26N2O. The number of nitrogens with zero attached hydrogens (tertiary/aromatic N) is 2. The molecule has 2 rings (SSSR count). The largest absolute Gasteiger partial charge is 0.342 e. The lowest BCUT2D eigenvalue weighted by Gasteiger charge is -2.27. The van der Waals surface area contributed by atoms with Gasteiger partial charge in [-0.05, 0) is 38.8 Å². The van der Waals surface area contributed by atoms with Gasteiger partial charge >= 0.3 is 0 Å². The van der Waals surface area contributed by atoms with Gasteiger partial charge in [-0.2, -0.15) is 0 Å². The summed E-state index contributed by atoms with van der Waals surface area (Å²) in [5.74, 6) is 0.351. The Hall–Kier alpha value is -0.570. The third kappa shape index (κ3) is 4.12. The number of carbonyl (C=O) groups excluding carboxylic acids is 1. The van der Waals surface area contributed by atoms with Gasteiger partial charge in [0.15, 0.2) is 0 Å². The standard InChI is InChI=1S/C11H20N2O.C2H6/c14-11(13-8-4-5-9-13)10-12-6-2-1-3-7-12;1-2/h1-10H2;1-2H3. The van der Waals surface area contributed by atoms with E-state index in [1.807, 2.05) is 18.7 Å². The Kier molecular flexibility index (Phi) is 6.46. The van der Waals surface area contributed by atoms with Gasteiger partial charge in [0, 0.05) is 13.1 Å². The highest BCUT2D eigenvalue weighted by Crippen LogP contribution is 2.11. The number of piperidine rings is 1. The molecule has 0 saturated carbocycles. The normalized spacial score (nSPS) is 21.5. The van der Waals surface area contributed by atoms with E-state index in [9.17, 15) is 4.79 Å². The second kappa shape index (κ2) is 7.66. The fourth-order valence-corrected chi connectivity index (χ4v) is 2.38. The molecule has 0 spiro atoms. The van der Waals surface area contributed by atoms with E-state index in [1.165, 1.54) is 32.1 Å². The topological polar surface area (TPSA) is 23.6 Å². The summed E-state index contributed by atoms with van der Waals surface area (Å²) < 4.78 is 0. The summed E-state index contributed by atoms with van der Waals surface area (Å²) in [6, 6.07) is 0. The fraction of sp³-hybridized carbons (Fsp3) is 0.923. The summed E-state index contributed by atoms with van der Waals surface area (Å²) in [6.45, 7) is 8.90. The van der Waals surface area contributed by atoms with Crippen molar-refractivity contribution in [2.45, 2.75) is 46.0 Å². The average molecular weight is 226 g/mol. The van der Waals surface area contributed by atoms with Crippen molar-refractivity contribution in [1.82, 2.24) is 9.80 Å². The molecule has 16 heavy (non-hydrogen) atoms. The van der Waals surface area contributed by atoms with Crippen LogP contribution in [0.4, 0.5) is 0 Å². The Morgan fingerprint density at radius 2 is 1.38 bits per heavy atom. The van der Waals surface area contributed by atoms with E-state index in [0.29, 0.717) is 12.5 Å². The van der Waals surface area contributed by atoms with Crippen molar-refractivity contribution in [1.29, 1.82) is 0 Å². The predicted octanol–water partition coefficient (Wildman–Crippen LogP) is 2.12. The lowest BCUT2D eigenvalue weighted by atomic mass is 10.1. The van der Waals surface area contributed by atoms with Crippen molar-refractivity contribution in [3.63, 3.8) is 0 Å². The number of hydrogen-bond acceptors (Lipinski definition) is 2. The van der Waals surface area contributed by atoms with Gasteiger partial charge in [-0.3, -0.25) is 9.69 Å². The minimum atomic E-state index is 0.351. The van der Waals surface area contributed by atoms with Crippen LogP contribution in [0, 0.1) is 0 Å². The fourth-order valence-electron chi connectivity index (χ4n) is 2.38. The molecule has 2 fully saturated rings. The highest BCUT2D eigenvalue weighted by Gasteiger charge is 2.20. The van der Waals surface area contributed by atoms with Crippen LogP contribution in [0.1, 0.15) is 46.0 Å². The number of hydrogen-bond donors (Lipinski definition) is 0. The monoisotopic (exact) mass is 226 g/mol. The summed E-state index contributed by atoms with van der Waals surface area (Å²) in [5.41, 5.74) is 0. The highest BCUT2D eigenvalue weighted by atomic mass is 16.2. The minimum Gasteiger partial charge on any atom is -0.342 e. The lowest BCUT2D eigenvalue weighted by molar-refractivity contribution is -0.131. The molecule has 3 heteroatoms. The van der Waals surface area contributed by atoms with Crippen LogP contribution in [0.2, 0.25) is 0 Å². The Labute approximate surface area is 99.8 Å². The van der Waals surface area contributed by atoms with Gasteiger partial charge in [0.25, 0.3) is 0 Å². The van der Waals surface area contributed by atoms with Gasteiger partial charge in [-0.15, -0.1) is 0 Å². The first-order valence-electron chi connectivity index (χ1n) is 6.86. The molecule has 2 heterocycles. The van der Waals surface area contributed by atoms with Gasteiger partial charge in [-0.1, -0.05) is 20.3 Å². The molecule has 0 aromatic rings. The molecule has 3 nitrogen and oxygen atoms in total. The molecule has 0 aromatic heterocycles. The van der Waals surface area contributed by atoms with Crippen molar-refractivity contribution in [3.8, 4) is 0 Å². The highest BCUT2D eigenvalue weighted by molar-refractivity contribution is 5.78. The average Bonchev–Trinajstić information content (AvgIpc) is 2.86. The van der Waals surface area contributed by atoms with Crippen LogP contribution >= 0.6 is 0 Å². The van der Waals surface area contributed by atoms with Crippen molar-refractivity contribution in [3.05, 3.63) is 0 Å². The third-order valence-corrected chi connectivity index (χ3v) is 3.27. The Bertz CT molecular complexity index is 194. The van der Waals surface area contributed by atoms with Crippen LogP contribution in [-0.2, 0) is 4.79 Å². The van der Waals surface area contributed by atoms with Gasteiger partial charge < -0.3 is 4.90 Å². The molecule has 0 bridgehead atoms. The number of amides is 1. The predicted molar refractivity (Wildman–Crippen MR) is 67.5 cm³/mol. The van der Waals surface area contributed by atoms with Crippen molar-refractivity contribution in [2.24, 2.45) is 0 Å². The molecule has 1 amide bonds. The zero-order chi connectivity index (χ0) is 11.8. The molecule has 2 aliphatic heterocycles. The van der Waals surface area contributed by atoms with Crippen LogP contribution < -0.4 is 0 Å². The summed E-state index contributed by atoms with van der Waals surface area (Å²) in [4.78, 5) is 16.1. The van der Waals surface area contributed by atoms with Crippen molar-refractivity contribution in [2.75, 3.05) is 32.7 Å². The molecule has 0 atom stereocenters. The van der Waals surface area contributed by atoms with E-state index in [-0.39, 0.29) is 0 Å². The maximum atomic E-state index is 11.8.